The topological polar surface area (TPSA) is 45.2 Å². The molecule has 2 atom stereocenters. The average molecular weight is 280 g/mol. The number of piperidine rings is 2. The van der Waals surface area contributed by atoms with E-state index in [9.17, 15) is 4.79 Å². The number of carbonyl (C=O) groups is 1. The molecule has 2 saturated heterocycles. The molecule has 0 aliphatic carbocycles. The van der Waals surface area contributed by atoms with E-state index in [0.29, 0.717) is 23.5 Å². The molecule has 2 aliphatic heterocycles. The first-order chi connectivity index (χ1) is 9.20. The predicted molar refractivity (Wildman–Crippen MR) is 73.8 cm³/mol. The van der Waals surface area contributed by atoms with Crippen LogP contribution in [0.2, 0.25) is 5.15 Å². The molecule has 2 aliphatic rings. The Kier molecular flexibility index (Phi) is 3.71. The number of hydrogen-bond acceptors (Lipinski definition) is 3. The second-order valence-electron chi connectivity index (χ2n) is 5.48. The Labute approximate surface area is 118 Å². The Morgan fingerprint density at radius 3 is 3.21 bits per heavy atom. The number of fused-ring (bicyclic) bond motifs is 1. The van der Waals surface area contributed by atoms with Crippen molar-refractivity contribution in [2.75, 3.05) is 13.1 Å². The molecule has 1 aromatic heterocycles. The number of likely N-dealkylation sites (tertiary alicyclic amines) is 1. The first-order valence-electron chi connectivity index (χ1n) is 6.83. The first kappa shape index (κ1) is 12.9. The summed E-state index contributed by atoms with van der Waals surface area (Å²) in [6.45, 7) is 3.01. The van der Waals surface area contributed by atoms with Gasteiger partial charge in [-0.1, -0.05) is 11.6 Å². The van der Waals surface area contributed by atoms with Gasteiger partial charge in [-0.3, -0.25) is 9.69 Å². The second kappa shape index (κ2) is 5.47. The summed E-state index contributed by atoms with van der Waals surface area (Å²) in [6, 6.07) is 4.33. The molecule has 4 nitrogen and oxygen atoms in total. The molecule has 2 fully saturated rings. The second-order valence-corrected chi connectivity index (χ2v) is 5.87. The number of nitrogens with one attached hydrogen (secondary N) is 1. The molecule has 1 aromatic rings. The van der Waals surface area contributed by atoms with Gasteiger partial charge in [0.1, 0.15) is 5.15 Å². The Morgan fingerprint density at radius 2 is 2.37 bits per heavy atom. The zero-order valence-corrected chi connectivity index (χ0v) is 11.6. The molecule has 5 heteroatoms. The van der Waals surface area contributed by atoms with Gasteiger partial charge in [-0.05, 0) is 36.5 Å². The van der Waals surface area contributed by atoms with Crippen LogP contribution in [-0.2, 0) is 11.3 Å². The monoisotopic (exact) mass is 279 g/mol. The van der Waals surface area contributed by atoms with E-state index < -0.39 is 0 Å². The summed E-state index contributed by atoms with van der Waals surface area (Å²) in [5, 5.41) is 3.67. The number of amides is 1. The summed E-state index contributed by atoms with van der Waals surface area (Å²) in [6.07, 6.45) is 4.50. The fourth-order valence-corrected chi connectivity index (χ4v) is 3.32. The zero-order valence-electron chi connectivity index (χ0n) is 10.8. The molecule has 0 saturated carbocycles. The summed E-state index contributed by atoms with van der Waals surface area (Å²) in [4.78, 5) is 17.8. The van der Waals surface area contributed by atoms with Gasteiger partial charge in [-0.2, -0.15) is 0 Å². The summed E-state index contributed by atoms with van der Waals surface area (Å²) in [5.41, 5.74) is 1.21. The molecule has 102 valence electrons. The maximum absolute atomic E-state index is 11.4. The minimum absolute atomic E-state index is 0.218. The fraction of sp³-hybridized carbons (Fsp3) is 0.571. The van der Waals surface area contributed by atoms with Gasteiger partial charge in [0.15, 0.2) is 0 Å². The van der Waals surface area contributed by atoms with Crippen LogP contribution in [-0.4, -0.2) is 34.9 Å². The lowest BCUT2D eigenvalue weighted by atomic mass is 9.85. The third kappa shape index (κ3) is 3.07. The maximum atomic E-state index is 11.4. The van der Waals surface area contributed by atoms with Crippen molar-refractivity contribution >= 4 is 17.5 Å². The van der Waals surface area contributed by atoms with E-state index in [1.54, 1.807) is 6.20 Å². The normalized spacial score (nSPS) is 27.7. The zero-order chi connectivity index (χ0) is 13.2. The SMILES string of the molecule is O=C1CCC2CN(Cc3ccnc(Cl)c3)CCC2N1. The number of halogens is 1. The van der Waals surface area contributed by atoms with Crippen molar-refractivity contribution in [3.8, 4) is 0 Å². The van der Waals surface area contributed by atoms with Gasteiger partial charge < -0.3 is 5.32 Å². The van der Waals surface area contributed by atoms with Crippen molar-refractivity contribution in [2.45, 2.75) is 31.8 Å². The predicted octanol–water partition coefficient (Wildman–Crippen LogP) is 1.84. The lowest BCUT2D eigenvalue weighted by molar-refractivity contribution is -0.125. The standard InChI is InChI=1S/C14H18ClN3O/c15-13-7-10(3-5-16-13)8-18-6-4-12-11(9-18)1-2-14(19)17-12/h3,5,7,11-12H,1-2,4,6,8-9H2,(H,17,19). The molecular weight excluding hydrogens is 262 g/mol. The van der Waals surface area contributed by atoms with Crippen LogP contribution in [0, 0.1) is 5.92 Å². The van der Waals surface area contributed by atoms with Gasteiger partial charge in [0.2, 0.25) is 5.91 Å². The molecule has 0 bridgehead atoms. The van der Waals surface area contributed by atoms with E-state index in [1.165, 1.54) is 5.56 Å². The van der Waals surface area contributed by atoms with Gasteiger partial charge in [-0.15, -0.1) is 0 Å². The molecule has 0 aromatic carbocycles. The number of hydrogen-bond donors (Lipinski definition) is 1. The van der Waals surface area contributed by atoms with E-state index in [4.69, 9.17) is 11.6 Å². The lowest BCUT2D eigenvalue weighted by Gasteiger charge is -2.41. The molecule has 2 unspecified atom stereocenters. The lowest BCUT2D eigenvalue weighted by Crippen LogP contribution is -2.53. The van der Waals surface area contributed by atoms with Gasteiger partial charge in [-0.25, -0.2) is 4.98 Å². The molecule has 1 N–H and O–H groups in total. The average Bonchev–Trinajstić information content (AvgIpc) is 2.39. The summed E-state index contributed by atoms with van der Waals surface area (Å²) >= 11 is 5.91. The molecule has 1 amide bonds. The van der Waals surface area contributed by atoms with E-state index in [1.807, 2.05) is 12.1 Å². The molecular formula is C14H18ClN3O. The van der Waals surface area contributed by atoms with E-state index in [2.05, 4.69) is 15.2 Å². The Bertz CT molecular complexity index is 480. The summed E-state index contributed by atoms with van der Waals surface area (Å²) in [7, 11) is 0. The van der Waals surface area contributed by atoms with Crippen LogP contribution in [0.15, 0.2) is 18.3 Å². The largest absolute Gasteiger partial charge is 0.353 e. The van der Waals surface area contributed by atoms with Crippen LogP contribution >= 0.6 is 11.6 Å². The highest BCUT2D eigenvalue weighted by Gasteiger charge is 2.33. The van der Waals surface area contributed by atoms with Gasteiger partial charge in [0.25, 0.3) is 0 Å². The quantitative estimate of drug-likeness (QED) is 0.840. The fourth-order valence-electron chi connectivity index (χ4n) is 3.13. The molecule has 0 radical (unpaired) electrons. The van der Waals surface area contributed by atoms with Crippen LogP contribution in [0.4, 0.5) is 0 Å². The summed E-state index contributed by atoms with van der Waals surface area (Å²) < 4.78 is 0. The van der Waals surface area contributed by atoms with Crippen molar-refractivity contribution in [1.82, 2.24) is 15.2 Å². The molecule has 3 rings (SSSR count). The van der Waals surface area contributed by atoms with Crippen molar-refractivity contribution < 1.29 is 4.79 Å². The molecule has 3 heterocycles. The third-order valence-electron chi connectivity index (χ3n) is 4.10. The third-order valence-corrected chi connectivity index (χ3v) is 4.31. The minimum atomic E-state index is 0.218. The minimum Gasteiger partial charge on any atom is -0.353 e. The van der Waals surface area contributed by atoms with Gasteiger partial charge in [0, 0.05) is 38.3 Å². The van der Waals surface area contributed by atoms with Crippen LogP contribution in [0.1, 0.15) is 24.8 Å². The van der Waals surface area contributed by atoms with Crippen LogP contribution in [0.3, 0.4) is 0 Å². The highest BCUT2D eigenvalue weighted by Crippen LogP contribution is 2.26. The smallest absolute Gasteiger partial charge is 0.220 e. The van der Waals surface area contributed by atoms with Crippen molar-refractivity contribution in [3.63, 3.8) is 0 Å². The highest BCUT2D eigenvalue weighted by atomic mass is 35.5. The van der Waals surface area contributed by atoms with Crippen molar-refractivity contribution in [2.24, 2.45) is 5.92 Å². The van der Waals surface area contributed by atoms with Crippen LogP contribution in [0.25, 0.3) is 0 Å². The van der Waals surface area contributed by atoms with E-state index in [0.717, 1.165) is 32.5 Å². The van der Waals surface area contributed by atoms with Gasteiger partial charge in [0.05, 0.1) is 0 Å². The maximum Gasteiger partial charge on any atom is 0.220 e. The summed E-state index contributed by atoms with van der Waals surface area (Å²) in [5.74, 6) is 0.819. The highest BCUT2D eigenvalue weighted by molar-refractivity contribution is 6.29. The Hall–Kier alpha value is -1.13. The van der Waals surface area contributed by atoms with Crippen LogP contribution in [0.5, 0.6) is 0 Å². The van der Waals surface area contributed by atoms with Crippen LogP contribution < -0.4 is 5.32 Å². The number of carbonyl (C=O) groups excluding carboxylic acids is 1. The number of pyridine rings is 1. The Morgan fingerprint density at radius 1 is 1.47 bits per heavy atom. The van der Waals surface area contributed by atoms with Gasteiger partial charge >= 0.3 is 0 Å². The Balaban J connectivity index is 1.61. The number of aromatic nitrogens is 1. The van der Waals surface area contributed by atoms with E-state index >= 15 is 0 Å². The van der Waals surface area contributed by atoms with Crippen molar-refractivity contribution in [3.05, 3.63) is 29.0 Å². The number of rotatable bonds is 2. The van der Waals surface area contributed by atoms with E-state index in [-0.39, 0.29) is 5.91 Å². The molecule has 19 heavy (non-hydrogen) atoms. The number of nitrogens with zero attached hydrogens (tertiary/aromatic N) is 2. The van der Waals surface area contributed by atoms with Crippen molar-refractivity contribution in [1.29, 1.82) is 0 Å². The molecule has 0 spiro atoms. The first-order valence-corrected chi connectivity index (χ1v) is 7.20.